The summed E-state index contributed by atoms with van der Waals surface area (Å²) in [6.07, 6.45) is -0.874. The number of nitrogens with two attached hydrogens (primary N) is 1. The smallest absolute Gasteiger partial charge is 0.408 e. The molecule has 2 atom stereocenters. The molecule has 2 rings (SSSR count). The molecule has 1 aliphatic carbocycles. The lowest BCUT2D eigenvalue weighted by molar-refractivity contribution is -0.121. The monoisotopic (exact) mass is 372 g/mol. The summed E-state index contributed by atoms with van der Waals surface area (Å²) in [5, 5.41) is 2.41. The van der Waals surface area contributed by atoms with E-state index in [-0.39, 0.29) is 28.1 Å². The fraction of sp³-hybridized carbons (Fsp3) is 0.400. The number of ketones is 3. The van der Waals surface area contributed by atoms with Gasteiger partial charge in [-0.3, -0.25) is 14.4 Å². The Morgan fingerprint density at radius 3 is 2.07 bits per heavy atom. The van der Waals surface area contributed by atoms with Gasteiger partial charge in [0.15, 0.2) is 17.3 Å². The number of carbonyl (C=O) groups excluding carboxylic acids is 4. The number of rotatable bonds is 4. The average Bonchev–Trinajstić information content (AvgIpc) is 2.56. The fourth-order valence-corrected chi connectivity index (χ4v) is 2.84. The van der Waals surface area contributed by atoms with Gasteiger partial charge in [0, 0.05) is 22.3 Å². The van der Waals surface area contributed by atoms with E-state index in [2.05, 4.69) is 5.32 Å². The van der Waals surface area contributed by atoms with Gasteiger partial charge in [-0.2, -0.15) is 0 Å². The number of fused-ring (bicyclic) bond motifs is 1. The van der Waals surface area contributed by atoms with E-state index in [4.69, 9.17) is 10.5 Å². The van der Waals surface area contributed by atoms with Gasteiger partial charge in [0.1, 0.15) is 11.6 Å². The zero-order valence-corrected chi connectivity index (χ0v) is 16.1. The molecule has 1 aromatic carbocycles. The molecule has 0 spiro atoms. The highest BCUT2D eigenvalue weighted by molar-refractivity contribution is 6.28. The van der Waals surface area contributed by atoms with Crippen LogP contribution < -0.4 is 11.1 Å². The number of nitrogens with one attached hydrogen (secondary N) is 1. The minimum Gasteiger partial charge on any atom is -0.444 e. The minimum absolute atomic E-state index is 0.0770. The normalized spacial score (nSPS) is 16.5. The number of Topliss-reactive ketones (excluding diaryl/α,β-unsaturated/α-hetero) is 3. The molecule has 0 fully saturated rings. The van der Waals surface area contributed by atoms with Crippen molar-refractivity contribution in [2.45, 2.75) is 52.3 Å². The van der Waals surface area contributed by atoms with Crippen molar-refractivity contribution in [1.29, 1.82) is 0 Å². The Balaban J connectivity index is 2.50. The van der Waals surface area contributed by atoms with Crippen LogP contribution in [0.2, 0.25) is 0 Å². The highest BCUT2D eigenvalue weighted by Crippen LogP contribution is 2.28. The van der Waals surface area contributed by atoms with Gasteiger partial charge in [-0.15, -0.1) is 0 Å². The number of hydrogen-bond acceptors (Lipinski definition) is 6. The van der Waals surface area contributed by atoms with E-state index in [0.29, 0.717) is 0 Å². The van der Waals surface area contributed by atoms with Crippen molar-refractivity contribution in [3.63, 3.8) is 0 Å². The number of allylic oxidation sites excluding steroid dienone is 1. The van der Waals surface area contributed by atoms with Crippen LogP contribution in [-0.4, -0.2) is 41.1 Å². The van der Waals surface area contributed by atoms with Crippen molar-refractivity contribution in [2.24, 2.45) is 5.73 Å². The van der Waals surface area contributed by atoms with Gasteiger partial charge in [-0.1, -0.05) is 24.3 Å². The quantitative estimate of drug-likeness (QED) is 0.837. The van der Waals surface area contributed by atoms with Crippen LogP contribution in [0.15, 0.2) is 35.4 Å². The van der Waals surface area contributed by atoms with E-state index >= 15 is 0 Å². The molecule has 1 unspecified atom stereocenters. The van der Waals surface area contributed by atoms with Gasteiger partial charge >= 0.3 is 6.09 Å². The van der Waals surface area contributed by atoms with E-state index in [9.17, 15) is 19.2 Å². The van der Waals surface area contributed by atoms with Gasteiger partial charge in [-0.25, -0.2) is 4.79 Å². The highest BCUT2D eigenvalue weighted by Gasteiger charge is 2.39. The summed E-state index contributed by atoms with van der Waals surface area (Å²) in [7, 11) is 0. The number of ether oxygens (including phenoxy) is 1. The third-order valence-corrected chi connectivity index (χ3v) is 4.09. The SMILES string of the molecule is CC1=C(C(NC(=O)OC(C)(C)C)C(=O)[C@H](C)N)C(=O)c2ccccc2C1=O. The first-order valence-electron chi connectivity index (χ1n) is 8.62. The lowest BCUT2D eigenvalue weighted by Crippen LogP contribution is -2.51. The third-order valence-electron chi connectivity index (χ3n) is 4.09. The minimum atomic E-state index is -1.37. The van der Waals surface area contributed by atoms with Gasteiger partial charge < -0.3 is 15.8 Å². The molecule has 1 aromatic rings. The molecule has 0 saturated heterocycles. The maximum Gasteiger partial charge on any atom is 0.408 e. The Kier molecular flexibility index (Phi) is 5.65. The first-order chi connectivity index (χ1) is 12.4. The van der Waals surface area contributed by atoms with Crippen LogP contribution in [0.3, 0.4) is 0 Å². The van der Waals surface area contributed by atoms with Gasteiger partial charge in [0.2, 0.25) is 0 Å². The lowest BCUT2D eigenvalue weighted by Gasteiger charge is -2.28. The Morgan fingerprint density at radius 2 is 1.59 bits per heavy atom. The van der Waals surface area contributed by atoms with Crippen molar-refractivity contribution in [2.75, 3.05) is 0 Å². The van der Waals surface area contributed by atoms with Crippen LogP contribution in [0, 0.1) is 0 Å². The Hall–Kier alpha value is -2.80. The molecule has 27 heavy (non-hydrogen) atoms. The molecular formula is C20H24N2O5. The number of benzene rings is 1. The number of hydrogen-bond donors (Lipinski definition) is 2. The second-order valence-corrected chi connectivity index (χ2v) is 7.51. The molecule has 0 aromatic heterocycles. The van der Waals surface area contributed by atoms with Crippen molar-refractivity contribution < 1.29 is 23.9 Å². The molecule has 0 saturated carbocycles. The van der Waals surface area contributed by atoms with Crippen molar-refractivity contribution in [3.8, 4) is 0 Å². The molecule has 7 nitrogen and oxygen atoms in total. The largest absolute Gasteiger partial charge is 0.444 e. The third kappa shape index (κ3) is 4.31. The topological polar surface area (TPSA) is 116 Å². The van der Waals surface area contributed by atoms with Gasteiger partial charge in [0.25, 0.3) is 0 Å². The molecular weight excluding hydrogens is 348 g/mol. The standard InChI is InChI=1S/C20H24N2O5/c1-10-14(18(25)13-9-7-6-8-12(13)16(10)23)15(17(24)11(2)21)22-19(26)27-20(3,4)5/h6-9,11,15H,21H2,1-5H3,(H,22,26)/t11-,15?/m0/s1. The van der Waals surface area contributed by atoms with E-state index in [0.717, 1.165) is 0 Å². The maximum atomic E-state index is 13.0. The molecule has 0 aliphatic heterocycles. The van der Waals surface area contributed by atoms with Crippen LogP contribution in [0.5, 0.6) is 0 Å². The molecule has 144 valence electrons. The van der Waals surface area contributed by atoms with E-state index in [1.54, 1.807) is 39.0 Å². The molecule has 1 aliphatic rings. The summed E-state index contributed by atoms with van der Waals surface area (Å²) in [4.78, 5) is 50.6. The molecule has 7 heteroatoms. The van der Waals surface area contributed by atoms with E-state index in [1.165, 1.54) is 19.9 Å². The van der Waals surface area contributed by atoms with Crippen LogP contribution >= 0.6 is 0 Å². The van der Waals surface area contributed by atoms with E-state index < -0.39 is 35.3 Å². The molecule has 0 bridgehead atoms. The van der Waals surface area contributed by atoms with Crippen LogP contribution in [0.25, 0.3) is 0 Å². The zero-order chi connectivity index (χ0) is 20.5. The second-order valence-electron chi connectivity index (χ2n) is 7.51. The van der Waals surface area contributed by atoms with E-state index in [1.807, 2.05) is 0 Å². The average molecular weight is 372 g/mol. The fourth-order valence-electron chi connectivity index (χ4n) is 2.84. The van der Waals surface area contributed by atoms with Crippen molar-refractivity contribution >= 4 is 23.4 Å². The maximum absolute atomic E-state index is 13.0. The van der Waals surface area contributed by atoms with Gasteiger partial charge in [0.05, 0.1) is 6.04 Å². The van der Waals surface area contributed by atoms with Gasteiger partial charge in [-0.05, 0) is 34.6 Å². The summed E-state index contributed by atoms with van der Waals surface area (Å²) in [5.41, 5.74) is 5.40. The number of alkyl carbamates (subject to hydrolysis) is 1. The lowest BCUT2D eigenvalue weighted by atomic mass is 9.80. The van der Waals surface area contributed by atoms with Crippen LogP contribution in [0.1, 0.15) is 55.3 Å². The zero-order valence-electron chi connectivity index (χ0n) is 16.1. The number of carbonyl (C=O) groups is 4. The molecule has 0 heterocycles. The highest BCUT2D eigenvalue weighted by atomic mass is 16.6. The first-order valence-corrected chi connectivity index (χ1v) is 8.62. The van der Waals surface area contributed by atoms with Crippen LogP contribution in [-0.2, 0) is 9.53 Å². The van der Waals surface area contributed by atoms with Crippen molar-refractivity contribution in [3.05, 3.63) is 46.5 Å². The first kappa shape index (κ1) is 20.5. The van der Waals surface area contributed by atoms with Crippen molar-refractivity contribution in [1.82, 2.24) is 5.32 Å². The molecule has 1 amide bonds. The summed E-state index contributed by atoms with van der Waals surface area (Å²) in [6, 6.07) is 4.04. The summed E-state index contributed by atoms with van der Waals surface area (Å²) >= 11 is 0. The summed E-state index contributed by atoms with van der Waals surface area (Å²) in [5.74, 6) is -1.44. The Morgan fingerprint density at radius 1 is 1.07 bits per heavy atom. The Labute approximate surface area is 157 Å². The second kappa shape index (κ2) is 7.44. The predicted molar refractivity (Wildman–Crippen MR) is 99.6 cm³/mol. The Bertz CT molecular complexity index is 846. The predicted octanol–water partition coefficient (Wildman–Crippen LogP) is 2.19. The molecule has 3 N–H and O–H groups in total. The summed E-state index contributed by atoms with van der Waals surface area (Å²) in [6.45, 7) is 7.93. The van der Waals surface area contributed by atoms with Crippen LogP contribution in [0.4, 0.5) is 4.79 Å². The number of amides is 1. The molecule has 0 radical (unpaired) electrons. The summed E-state index contributed by atoms with van der Waals surface area (Å²) < 4.78 is 5.19.